The summed E-state index contributed by atoms with van der Waals surface area (Å²) in [5, 5.41) is 9.07. The van der Waals surface area contributed by atoms with Crippen molar-refractivity contribution in [2.45, 2.75) is 44.4 Å². The van der Waals surface area contributed by atoms with Crippen LogP contribution in [0.4, 0.5) is 5.69 Å². The number of amides is 1. The number of carbonyl (C=O) groups excluding carboxylic acids is 1. The molecule has 1 atom stereocenters. The molecule has 1 N–H and O–H groups in total. The van der Waals surface area contributed by atoms with E-state index in [9.17, 15) is 9.59 Å². The number of nitrogens with zero attached hydrogens (tertiary/aromatic N) is 1. The fraction of sp³-hybridized carbons (Fsp3) is 0.444. The lowest BCUT2D eigenvalue weighted by Gasteiger charge is -2.20. The first-order chi connectivity index (χ1) is 10.6. The monoisotopic (exact) mass is 299 g/mol. The van der Waals surface area contributed by atoms with Gasteiger partial charge in [-0.05, 0) is 37.3 Å². The molecule has 0 spiro atoms. The number of aliphatic carboxylic acids is 1. The molecule has 0 bridgehead atoms. The van der Waals surface area contributed by atoms with Gasteiger partial charge in [-0.3, -0.25) is 9.59 Å². The Morgan fingerprint density at radius 1 is 1.23 bits per heavy atom. The number of carboxylic acids is 1. The molecule has 1 aromatic rings. The van der Waals surface area contributed by atoms with Crippen molar-refractivity contribution in [1.82, 2.24) is 0 Å². The van der Waals surface area contributed by atoms with Crippen LogP contribution in [-0.4, -0.2) is 23.5 Å². The van der Waals surface area contributed by atoms with Crippen LogP contribution in [0, 0.1) is 0 Å². The Balaban J connectivity index is 1.78. The first kappa shape index (κ1) is 14.8. The molecule has 4 nitrogen and oxygen atoms in total. The number of carbonyl (C=O) groups is 2. The van der Waals surface area contributed by atoms with Crippen LogP contribution in [0.1, 0.15) is 50.0 Å². The molecule has 1 aliphatic heterocycles. The minimum Gasteiger partial charge on any atom is -0.481 e. The molecule has 0 radical (unpaired) electrons. The lowest BCUT2D eigenvalue weighted by Crippen LogP contribution is -2.30. The molecule has 0 saturated carbocycles. The van der Waals surface area contributed by atoms with Gasteiger partial charge in [0.15, 0.2) is 0 Å². The molecule has 4 heteroatoms. The SMILES string of the molecule is O=C(O)CC1CN(C(=O)CC2=CCCCC2)c2ccccc21. The number of hydrogen-bond donors (Lipinski definition) is 1. The molecule has 1 unspecified atom stereocenters. The second kappa shape index (κ2) is 6.34. The van der Waals surface area contributed by atoms with Crippen LogP contribution in [0.5, 0.6) is 0 Å². The summed E-state index contributed by atoms with van der Waals surface area (Å²) in [6, 6.07) is 7.67. The van der Waals surface area contributed by atoms with Crippen LogP contribution in [0.15, 0.2) is 35.9 Å². The van der Waals surface area contributed by atoms with Crippen LogP contribution in [-0.2, 0) is 9.59 Å². The van der Waals surface area contributed by atoms with E-state index in [2.05, 4.69) is 6.08 Å². The first-order valence-corrected chi connectivity index (χ1v) is 7.94. The number of carboxylic acid groups (broad SMARTS) is 1. The largest absolute Gasteiger partial charge is 0.481 e. The molecule has 1 heterocycles. The van der Waals surface area contributed by atoms with Gasteiger partial charge in [-0.1, -0.05) is 29.8 Å². The summed E-state index contributed by atoms with van der Waals surface area (Å²) in [5.41, 5.74) is 3.10. The number of anilines is 1. The summed E-state index contributed by atoms with van der Waals surface area (Å²) in [4.78, 5) is 25.5. The van der Waals surface area contributed by atoms with Crippen molar-refractivity contribution < 1.29 is 14.7 Å². The molecule has 2 aliphatic rings. The summed E-state index contributed by atoms with van der Waals surface area (Å²) in [6.07, 6.45) is 7.19. The van der Waals surface area contributed by atoms with E-state index in [1.807, 2.05) is 24.3 Å². The highest BCUT2D eigenvalue weighted by atomic mass is 16.4. The number of hydrogen-bond acceptors (Lipinski definition) is 2. The lowest BCUT2D eigenvalue weighted by molar-refractivity contribution is -0.137. The van der Waals surface area contributed by atoms with E-state index in [1.54, 1.807) is 4.90 Å². The van der Waals surface area contributed by atoms with E-state index < -0.39 is 5.97 Å². The van der Waals surface area contributed by atoms with Crippen LogP contribution in [0.3, 0.4) is 0 Å². The van der Waals surface area contributed by atoms with Crippen LogP contribution in [0.25, 0.3) is 0 Å². The average molecular weight is 299 g/mol. The standard InChI is InChI=1S/C18H21NO3/c20-17(10-13-6-2-1-3-7-13)19-12-14(11-18(21)22)15-8-4-5-9-16(15)19/h4-6,8-9,14H,1-3,7,10-12H2,(H,21,22). The number of rotatable bonds is 4. The van der Waals surface area contributed by atoms with Gasteiger partial charge in [-0.2, -0.15) is 0 Å². The number of allylic oxidation sites excluding steroid dienone is 1. The number of para-hydroxylation sites is 1. The van der Waals surface area contributed by atoms with Crippen LogP contribution in [0.2, 0.25) is 0 Å². The predicted molar refractivity (Wildman–Crippen MR) is 85.0 cm³/mol. The van der Waals surface area contributed by atoms with Crippen LogP contribution >= 0.6 is 0 Å². The first-order valence-electron chi connectivity index (χ1n) is 7.94. The zero-order valence-electron chi connectivity index (χ0n) is 12.6. The third kappa shape index (κ3) is 3.06. The predicted octanol–water partition coefficient (Wildman–Crippen LogP) is 3.48. The number of fused-ring (bicyclic) bond motifs is 1. The highest BCUT2D eigenvalue weighted by molar-refractivity contribution is 5.97. The van der Waals surface area contributed by atoms with E-state index in [1.165, 1.54) is 12.0 Å². The van der Waals surface area contributed by atoms with E-state index in [0.717, 1.165) is 30.5 Å². The zero-order valence-corrected chi connectivity index (χ0v) is 12.6. The van der Waals surface area contributed by atoms with Crippen molar-refractivity contribution in [3.8, 4) is 0 Å². The lowest BCUT2D eigenvalue weighted by atomic mass is 9.97. The van der Waals surface area contributed by atoms with Gasteiger partial charge in [0, 0.05) is 24.6 Å². The van der Waals surface area contributed by atoms with Crippen molar-refractivity contribution in [3.05, 3.63) is 41.5 Å². The summed E-state index contributed by atoms with van der Waals surface area (Å²) >= 11 is 0. The minimum absolute atomic E-state index is 0.0729. The van der Waals surface area contributed by atoms with Gasteiger partial charge >= 0.3 is 5.97 Å². The van der Waals surface area contributed by atoms with Crippen molar-refractivity contribution in [2.24, 2.45) is 0 Å². The molecule has 1 aromatic carbocycles. The van der Waals surface area contributed by atoms with Gasteiger partial charge in [-0.15, -0.1) is 0 Å². The van der Waals surface area contributed by atoms with E-state index in [-0.39, 0.29) is 18.2 Å². The Bertz CT molecular complexity index is 621. The highest BCUT2D eigenvalue weighted by Gasteiger charge is 2.33. The molecule has 3 rings (SSSR count). The Morgan fingerprint density at radius 2 is 2.05 bits per heavy atom. The molecule has 1 aliphatic carbocycles. The van der Waals surface area contributed by atoms with Gasteiger partial charge < -0.3 is 10.0 Å². The van der Waals surface area contributed by atoms with Crippen molar-refractivity contribution >= 4 is 17.6 Å². The second-order valence-electron chi connectivity index (χ2n) is 6.14. The molecule has 0 fully saturated rings. The Labute approximate surface area is 130 Å². The quantitative estimate of drug-likeness (QED) is 0.866. The fourth-order valence-corrected chi connectivity index (χ4v) is 3.47. The maximum atomic E-state index is 12.6. The van der Waals surface area contributed by atoms with Crippen molar-refractivity contribution in [2.75, 3.05) is 11.4 Å². The molecular formula is C18H21NO3. The van der Waals surface area contributed by atoms with E-state index >= 15 is 0 Å². The van der Waals surface area contributed by atoms with E-state index in [0.29, 0.717) is 13.0 Å². The summed E-state index contributed by atoms with van der Waals surface area (Å²) in [5.74, 6) is -0.824. The molecule has 0 aromatic heterocycles. The fourth-order valence-electron chi connectivity index (χ4n) is 3.47. The molecular weight excluding hydrogens is 278 g/mol. The summed E-state index contributed by atoms with van der Waals surface area (Å²) in [7, 11) is 0. The normalized spacial score (nSPS) is 20.5. The third-order valence-electron chi connectivity index (χ3n) is 4.56. The van der Waals surface area contributed by atoms with Gasteiger partial charge in [0.05, 0.1) is 6.42 Å². The van der Waals surface area contributed by atoms with Crippen LogP contribution < -0.4 is 4.90 Å². The maximum absolute atomic E-state index is 12.6. The average Bonchev–Trinajstić information content (AvgIpc) is 2.87. The van der Waals surface area contributed by atoms with Crippen molar-refractivity contribution in [1.29, 1.82) is 0 Å². The third-order valence-corrected chi connectivity index (χ3v) is 4.56. The Hall–Kier alpha value is -2.10. The van der Waals surface area contributed by atoms with E-state index in [4.69, 9.17) is 5.11 Å². The number of benzene rings is 1. The minimum atomic E-state index is -0.816. The van der Waals surface area contributed by atoms with Gasteiger partial charge in [0.2, 0.25) is 5.91 Å². The van der Waals surface area contributed by atoms with Crippen molar-refractivity contribution in [3.63, 3.8) is 0 Å². The summed E-state index contributed by atoms with van der Waals surface area (Å²) in [6.45, 7) is 0.484. The molecule has 0 saturated heterocycles. The highest BCUT2D eigenvalue weighted by Crippen LogP contribution is 2.38. The smallest absolute Gasteiger partial charge is 0.304 e. The Kier molecular flexibility index (Phi) is 4.27. The molecule has 116 valence electrons. The zero-order chi connectivity index (χ0) is 15.5. The maximum Gasteiger partial charge on any atom is 0.304 e. The Morgan fingerprint density at radius 3 is 2.77 bits per heavy atom. The molecule has 22 heavy (non-hydrogen) atoms. The van der Waals surface area contributed by atoms with Gasteiger partial charge in [0.1, 0.15) is 0 Å². The van der Waals surface area contributed by atoms with Gasteiger partial charge in [-0.25, -0.2) is 0 Å². The summed E-state index contributed by atoms with van der Waals surface area (Å²) < 4.78 is 0. The topological polar surface area (TPSA) is 57.6 Å². The molecule has 1 amide bonds. The van der Waals surface area contributed by atoms with Gasteiger partial charge in [0.25, 0.3) is 0 Å². The second-order valence-corrected chi connectivity index (χ2v) is 6.14.